The monoisotopic (exact) mass is 490 g/mol. The summed E-state index contributed by atoms with van der Waals surface area (Å²) in [6.07, 6.45) is 3.14. The van der Waals surface area contributed by atoms with E-state index in [1.807, 2.05) is 50.1 Å². The molecule has 176 valence electrons. The van der Waals surface area contributed by atoms with Gasteiger partial charge in [0.25, 0.3) is 11.8 Å². The van der Waals surface area contributed by atoms with Gasteiger partial charge in [0.1, 0.15) is 5.92 Å². The van der Waals surface area contributed by atoms with Crippen LogP contribution in [0.1, 0.15) is 24.5 Å². The zero-order chi connectivity index (χ0) is 24.5. The molecule has 0 aliphatic rings. The molecule has 2 amide bonds. The molecule has 33 heavy (non-hydrogen) atoms. The maximum absolute atomic E-state index is 12.4. The molecule has 0 unspecified atom stereocenters. The number of nitrogens with one attached hydrogen (secondary N) is 2. The maximum atomic E-state index is 12.4. The summed E-state index contributed by atoms with van der Waals surface area (Å²) in [7, 11) is 7.65. The molecule has 2 N–H and O–H groups in total. The van der Waals surface area contributed by atoms with Gasteiger partial charge >= 0.3 is 0 Å². The van der Waals surface area contributed by atoms with Gasteiger partial charge in [-0.05, 0) is 42.8 Å². The van der Waals surface area contributed by atoms with Crippen LogP contribution in [0.4, 0.5) is 11.4 Å². The largest absolute Gasteiger partial charge is 0.378 e. The number of anilines is 2. The highest BCUT2D eigenvalue weighted by Crippen LogP contribution is 2.22. The first-order valence-corrected chi connectivity index (χ1v) is 11.0. The van der Waals surface area contributed by atoms with Crippen LogP contribution in [0.25, 0.3) is 0 Å². The van der Waals surface area contributed by atoms with Crippen LogP contribution in [0.3, 0.4) is 0 Å². The van der Waals surface area contributed by atoms with Gasteiger partial charge in [0.05, 0.1) is 22.5 Å². The molecule has 2 rings (SSSR count). The van der Waals surface area contributed by atoms with Crippen LogP contribution in [0.2, 0.25) is 10.0 Å². The summed E-state index contributed by atoms with van der Waals surface area (Å²) in [5, 5.41) is 8.85. The lowest BCUT2D eigenvalue weighted by atomic mass is 10.1. The van der Waals surface area contributed by atoms with Crippen LogP contribution in [0.5, 0.6) is 0 Å². The summed E-state index contributed by atoms with van der Waals surface area (Å²) in [6, 6.07) is 11.0. The molecular formula is C23H28Cl2N6O2. The minimum absolute atomic E-state index is 0.277. The lowest BCUT2D eigenvalue weighted by Gasteiger charge is -2.13. The summed E-state index contributed by atoms with van der Waals surface area (Å²) in [4.78, 5) is 28.7. The Hall–Kier alpha value is -3.10. The van der Waals surface area contributed by atoms with Crippen molar-refractivity contribution in [3.8, 4) is 0 Å². The number of hydrazone groups is 2. The van der Waals surface area contributed by atoms with Gasteiger partial charge in [0.15, 0.2) is 0 Å². The van der Waals surface area contributed by atoms with E-state index in [0.717, 1.165) is 11.4 Å². The van der Waals surface area contributed by atoms with Gasteiger partial charge < -0.3 is 9.80 Å². The van der Waals surface area contributed by atoms with E-state index in [2.05, 4.69) is 21.1 Å². The van der Waals surface area contributed by atoms with Gasteiger partial charge in [0.2, 0.25) is 0 Å². The van der Waals surface area contributed by atoms with E-state index in [-0.39, 0.29) is 6.42 Å². The molecule has 2 aromatic carbocycles. The lowest BCUT2D eigenvalue weighted by Crippen LogP contribution is -2.37. The van der Waals surface area contributed by atoms with Gasteiger partial charge in [-0.1, -0.05) is 30.1 Å². The average molecular weight is 491 g/mol. The number of hydrogen-bond donors (Lipinski definition) is 2. The number of amides is 2. The molecule has 2 aromatic rings. The summed E-state index contributed by atoms with van der Waals surface area (Å²) in [5.74, 6) is -2.05. The van der Waals surface area contributed by atoms with E-state index in [0.29, 0.717) is 21.2 Å². The number of nitrogens with zero attached hydrogens (tertiary/aromatic N) is 4. The molecule has 0 atom stereocenters. The second kappa shape index (κ2) is 12.2. The predicted molar refractivity (Wildman–Crippen MR) is 137 cm³/mol. The highest BCUT2D eigenvalue weighted by Gasteiger charge is 2.24. The Labute approximate surface area is 204 Å². The van der Waals surface area contributed by atoms with E-state index in [9.17, 15) is 9.59 Å². The molecule has 0 aromatic heterocycles. The third-order valence-corrected chi connectivity index (χ3v) is 5.45. The minimum Gasteiger partial charge on any atom is -0.378 e. The zero-order valence-electron chi connectivity index (χ0n) is 19.3. The first-order chi connectivity index (χ1) is 15.6. The number of benzene rings is 2. The Morgan fingerprint density at radius 1 is 0.848 bits per heavy atom. The van der Waals surface area contributed by atoms with Crippen molar-refractivity contribution in [1.29, 1.82) is 0 Å². The Morgan fingerprint density at radius 3 is 1.55 bits per heavy atom. The van der Waals surface area contributed by atoms with Crippen molar-refractivity contribution in [3.63, 3.8) is 0 Å². The van der Waals surface area contributed by atoms with Crippen molar-refractivity contribution in [1.82, 2.24) is 10.9 Å². The third-order valence-electron chi connectivity index (χ3n) is 4.80. The molecule has 0 radical (unpaired) electrons. The number of hydrogen-bond acceptors (Lipinski definition) is 6. The Balaban J connectivity index is 1.96. The summed E-state index contributed by atoms with van der Waals surface area (Å²) in [6.45, 7) is 1.73. The van der Waals surface area contributed by atoms with Crippen molar-refractivity contribution >= 4 is 58.8 Å². The molecule has 0 heterocycles. The second-order valence-corrected chi connectivity index (χ2v) is 8.44. The Bertz CT molecular complexity index is 972. The number of carbonyl (C=O) groups is 2. The average Bonchev–Trinajstić information content (AvgIpc) is 2.76. The van der Waals surface area contributed by atoms with Gasteiger partial charge in [-0.25, -0.2) is 10.9 Å². The summed E-state index contributed by atoms with van der Waals surface area (Å²) < 4.78 is 0. The fraction of sp³-hybridized carbons (Fsp3) is 0.304. The fourth-order valence-corrected chi connectivity index (χ4v) is 3.22. The molecule has 0 spiro atoms. The predicted octanol–water partition coefficient (Wildman–Crippen LogP) is 3.75. The maximum Gasteiger partial charge on any atom is 0.252 e. The SMILES string of the molecule is CCC(C(=O)N/N=C\c1ccc(N(C)C)cc1Cl)C(=O)N/N=C\c1ccc(N(C)C)cc1Cl. The summed E-state index contributed by atoms with van der Waals surface area (Å²) in [5.41, 5.74) is 7.94. The highest BCUT2D eigenvalue weighted by atomic mass is 35.5. The highest BCUT2D eigenvalue weighted by molar-refractivity contribution is 6.33. The van der Waals surface area contributed by atoms with Crippen molar-refractivity contribution in [3.05, 3.63) is 57.6 Å². The van der Waals surface area contributed by atoms with Gasteiger partial charge in [-0.15, -0.1) is 0 Å². The van der Waals surface area contributed by atoms with Crippen molar-refractivity contribution in [2.45, 2.75) is 13.3 Å². The van der Waals surface area contributed by atoms with Crippen LogP contribution in [0, 0.1) is 5.92 Å². The standard InChI is InChI=1S/C23H28Cl2N6O2/c1-6-19(22(32)28-26-13-15-7-9-17(30(2)3)11-20(15)24)23(33)29-27-14-16-8-10-18(31(4)5)12-21(16)25/h7-14,19H,6H2,1-5H3,(H,28,32)(H,29,33)/b26-13-,27-14-. The first kappa shape index (κ1) is 26.2. The van der Waals surface area contributed by atoms with Crippen molar-refractivity contribution in [2.24, 2.45) is 16.1 Å². The number of carbonyl (C=O) groups excluding carboxylic acids is 2. The zero-order valence-corrected chi connectivity index (χ0v) is 20.8. The Kier molecular flexibility index (Phi) is 9.69. The molecule has 0 saturated heterocycles. The van der Waals surface area contributed by atoms with E-state index in [4.69, 9.17) is 23.2 Å². The molecule has 0 saturated carbocycles. The number of rotatable bonds is 9. The van der Waals surface area contributed by atoms with Crippen LogP contribution < -0.4 is 20.7 Å². The first-order valence-electron chi connectivity index (χ1n) is 10.2. The quantitative estimate of drug-likeness (QED) is 0.318. The van der Waals surface area contributed by atoms with Crippen LogP contribution >= 0.6 is 23.2 Å². The molecular weight excluding hydrogens is 463 g/mol. The molecule has 0 bridgehead atoms. The van der Waals surface area contributed by atoms with Gasteiger partial charge in [-0.3, -0.25) is 9.59 Å². The molecule has 0 fully saturated rings. The fourth-order valence-electron chi connectivity index (χ4n) is 2.77. The van der Waals surface area contributed by atoms with E-state index >= 15 is 0 Å². The third kappa shape index (κ3) is 7.47. The van der Waals surface area contributed by atoms with Crippen molar-refractivity contribution in [2.75, 3.05) is 38.0 Å². The molecule has 10 heteroatoms. The summed E-state index contributed by atoms with van der Waals surface area (Å²) >= 11 is 12.5. The molecule has 8 nitrogen and oxygen atoms in total. The normalized spacial score (nSPS) is 11.3. The van der Waals surface area contributed by atoms with E-state index < -0.39 is 17.7 Å². The van der Waals surface area contributed by atoms with Crippen molar-refractivity contribution < 1.29 is 9.59 Å². The number of halogens is 2. The van der Waals surface area contributed by atoms with Gasteiger partial charge in [-0.2, -0.15) is 10.2 Å². The molecule has 0 aliphatic carbocycles. The van der Waals surface area contributed by atoms with E-state index in [1.165, 1.54) is 12.4 Å². The van der Waals surface area contributed by atoms with Gasteiger partial charge in [0, 0.05) is 50.7 Å². The molecule has 0 aliphatic heterocycles. The van der Waals surface area contributed by atoms with Crippen LogP contribution in [-0.4, -0.2) is 52.4 Å². The van der Waals surface area contributed by atoms with Crippen LogP contribution in [0.15, 0.2) is 46.6 Å². The smallest absolute Gasteiger partial charge is 0.252 e. The lowest BCUT2D eigenvalue weighted by molar-refractivity contribution is -0.135. The minimum atomic E-state index is -0.961. The second-order valence-electron chi connectivity index (χ2n) is 7.63. The Morgan fingerprint density at radius 2 is 1.24 bits per heavy atom. The topological polar surface area (TPSA) is 89.4 Å². The van der Waals surface area contributed by atoms with E-state index in [1.54, 1.807) is 31.2 Å². The van der Waals surface area contributed by atoms with Crippen LogP contribution in [-0.2, 0) is 9.59 Å².